The molecule has 3 N–H and O–H groups in total. The second-order valence-electron chi connectivity index (χ2n) is 8.83. The maximum Gasteiger partial charge on any atom is 0.254 e. The van der Waals surface area contributed by atoms with Crippen molar-refractivity contribution in [3.05, 3.63) is 53.6 Å². The number of nitrogen functional groups attached to an aromatic ring is 1. The van der Waals surface area contributed by atoms with Crippen LogP contribution in [0.5, 0.6) is 0 Å². The molecule has 0 bridgehead atoms. The summed E-state index contributed by atoms with van der Waals surface area (Å²) in [6.45, 7) is 4.89. The molecule has 176 valence electrons. The number of halogens is 1. The Hall–Kier alpha value is -3.59. The molecule has 3 heterocycles. The van der Waals surface area contributed by atoms with Gasteiger partial charge in [0, 0.05) is 67.7 Å². The van der Waals surface area contributed by atoms with Gasteiger partial charge in [-0.25, -0.2) is 19.3 Å². The largest absolute Gasteiger partial charge is 0.373 e. The molecule has 8 nitrogen and oxygen atoms in total. The van der Waals surface area contributed by atoms with Crippen LogP contribution in [0.1, 0.15) is 28.9 Å². The number of piperazine rings is 1. The summed E-state index contributed by atoms with van der Waals surface area (Å²) in [6, 6.07) is 8.95. The highest BCUT2D eigenvalue weighted by atomic mass is 19.1. The normalized spacial score (nSPS) is 16.5. The van der Waals surface area contributed by atoms with Crippen LogP contribution in [0.25, 0.3) is 22.4 Å². The van der Waals surface area contributed by atoms with Gasteiger partial charge in [0.2, 0.25) is 5.95 Å². The van der Waals surface area contributed by atoms with E-state index in [9.17, 15) is 4.79 Å². The van der Waals surface area contributed by atoms with Gasteiger partial charge in [-0.15, -0.1) is 0 Å². The number of carbonyl (C=O) groups is 1. The van der Waals surface area contributed by atoms with E-state index in [0.29, 0.717) is 47.5 Å². The lowest BCUT2D eigenvalue weighted by atomic mass is 9.97. The zero-order valence-electron chi connectivity index (χ0n) is 19.4. The number of nitrogens with one attached hydrogen (secondary N) is 1. The first-order chi connectivity index (χ1) is 16.4. The lowest BCUT2D eigenvalue weighted by Gasteiger charge is -2.34. The third kappa shape index (κ3) is 4.31. The molecule has 5 rings (SSSR count). The zero-order valence-corrected chi connectivity index (χ0v) is 19.4. The number of nitrogens with zero attached hydrogens (tertiary/aromatic N) is 5. The predicted octanol–water partition coefficient (Wildman–Crippen LogP) is 3.20. The Kier molecular flexibility index (Phi) is 5.87. The van der Waals surface area contributed by atoms with Crippen molar-refractivity contribution in [3.8, 4) is 22.4 Å². The van der Waals surface area contributed by atoms with E-state index in [4.69, 9.17) is 5.73 Å². The second kappa shape index (κ2) is 8.98. The number of aryl methyl sites for hydroxylation is 1. The molecule has 0 atom stereocenters. The van der Waals surface area contributed by atoms with Crippen LogP contribution in [0.4, 0.5) is 16.2 Å². The third-order valence-corrected chi connectivity index (χ3v) is 6.55. The Bertz CT molecular complexity index is 1220. The summed E-state index contributed by atoms with van der Waals surface area (Å²) >= 11 is 0. The van der Waals surface area contributed by atoms with Gasteiger partial charge in [-0.2, -0.15) is 0 Å². The van der Waals surface area contributed by atoms with Crippen molar-refractivity contribution < 1.29 is 9.18 Å². The first-order valence-corrected chi connectivity index (χ1v) is 11.6. The Labute approximate surface area is 198 Å². The fourth-order valence-electron chi connectivity index (χ4n) is 4.58. The van der Waals surface area contributed by atoms with Crippen LogP contribution in [-0.4, -0.2) is 69.9 Å². The maximum absolute atomic E-state index is 15.4. The van der Waals surface area contributed by atoms with Gasteiger partial charge >= 0.3 is 0 Å². The molecule has 9 heteroatoms. The fourth-order valence-corrected chi connectivity index (χ4v) is 4.58. The third-order valence-electron chi connectivity index (χ3n) is 6.55. The summed E-state index contributed by atoms with van der Waals surface area (Å²) in [5.41, 5.74) is 8.91. The quantitative estimate of drug-likeness (QED) is 0.602. The molecular formula is C25H28FN7O. The number of pyridine rings is 1. The van der Waals surface area contributed by atoms with Crippen molar-refractivity contribution in [2.75, 3.05) is 44.3 Å². The fraction of sp³-hybridized carbons (Fsp3) is 0.360. The molecule has 1 aliphatic heterocycles. The van der Waals surface area contributed by atoms with E-state index in [-0.39, 0.29) is 17.4 Å². The lowest BCUT2D eigenvalue weighted by Crippen LogP contribution is -2.49. The van der Waals surface area contributed by atoms with Gasteiger partial charge in [0.05, 0.1) is 11.4 Å². The zero-order chi connectivity index (χ0) is 23.8. The molecule has 1 saturated heterocycles. The summed E-state index contributed by atoms with van der Waals surface area (Å²) in [5.74, 6) is 0.0999. The highest BCUT2D eigenvalue weighted by Crippen LogP contribution is 2.35. The SMILES string of the molecule is CNc1ccc(-c2c(C)nc(N)nc2-c2ccc(C(=O)N3CCN(C4CC4)CC3)cc2F)cn1. The predicted molar refractivity (Wildman–Crippen MR) is 130 cm³/mol. The number of benzene rings is 1. The molecule has 0 unspecified atom stereocenters. The van der Waals surface area contributed by atoms with Crippen LogP contribution >= 0.6 is 0 Å². The molecule has 1 amide bonds. The van der Waals surface area contributed by atoms with Crippen molar-refractivity contribution in [2.24, 2.45) is 0 Å². The van der Waals surface area contributed by atoms with E-state index in [1.165, 1.54) is 18.9 Å². The number of amides is 1. The average Bonchev–Trinajstić information content (AvgIpc) is 3.69. The molecule has 2 fully saturated rings. The summed E-state index contributed by atoms with van der Waals surface area (Å²) < 4.78 is 15.4. The highest BCUT2D eigenvalue weighted by Gasteiger charge is 2.32. The second-order valence-corrected chi connectivity index (χ2v) is 8.83. The minimum Gasteiger partial charge on any atom is -0.373 e. The summed E-state index contributed by atoms with van der Waals surface area (Å²) in [7, 11) is 1.79. The van der Waals surface area contributed by atoms with E-state index in [2.05, 4.69) is 25.2 Å². The molecule has 2 aromatic heterocycles. The van der Waals surface area contributed by atoms with Gasteiger partial charge in [0.25, 0.3) is 5.91 Å². The van der Waals surface area contributed by atoms with Gasteiger partial charge in [0.15, 0.2) is 0 Å². The Balaban J connectivity index is 1.44. The number of carbonyl (C=O) groups excluding carboxylic acids is 1. The number of rotatable bonds is 5. The van der Waals surface area contributed by atoms with Crippen LogP contribution in [0.2, 0.25) is 0 Å². The van der Waals surface area contributed by atoms with Gasteiger partial charge in [-0.3, -0.25) is 9.69 Å². The van der Waals surface area contributed by atoms with Crippen LogP contribution in [0.3, 0.4) is 0 Å². The highest BCUT2D eigenvalue weighted by molar-refractivity contribution is 5.95. The van der Waals surface area contributed by atoms with Crippen molar-refractivity contribution >= 4 is 17.7 Å². The standard InChI is InChI=1S/C25H28FN7O/c1-15-22(17-4-8-21(28-2)29-14-17)23(31-25(27)30-15)19-7-3-16(13-20(19)26)24(34)33-11-9-32(10-12-33)18-5-6-18/h3-4,7-8,13-14,18H,5-6,9-12H2,1-2H3,(H,28,29)(H2,27,30,31). The Morgan fingerprint density at radius 2 is 1.88 bits per heavy atom. The van der Waals surface area contributed by atoms with E-state index in [1.807, 2.05) is 12.1 Å². The number of anilines is 2. The van der Waals surface area contributed by atoms with E-state index < -0.39 is 5.82 Å². The van der Waals surface area contributed by atoms with Crippen LogP contribution in [0, 0.1) is 12.7 Å². The summed E-state index contributed by atoms with van der Waals surface area (Å²) in [6.07, 6.45) is 4.20. The minimum atomic E-state index is -0.527. The van der Waals surface area contributed by atoms with Crippen molar-refractivity contribution in [1.29, 1.82) is 0 Å². The summed E-state index contributed by atoms with van der Waals surface area (Å²) in [4.78, 5) is 30.3. The van der Waals surface area contributed by atoms with Crippen molar-refractivity contribution in [1.82, 2.24) is 24.8 Å². The van der Waals surface area contributed by atoms with Gasteiger partial charge < -0.3 is 16.0 Å². The van der Waals surface area contributed by atoms with Crippen molar-refractivity contribution in [2.45, 2.75) is 25.8 Å². The molecule has 1 aromatic carbocycles. The topological polar surface area (TPSA) is 100 Å². The number of hydrogen-bond donors (Lipinski definition) is 2. The summed E-state index contributed by atoms with van der Waals surface area (Å²) in [5, 5.41) is 2.98. The first kappa shape index (κ1) is 22.2. The van der Waals surface area contributed by atoms with Crippen LogP contribution in [0.15, 0.2) is 36.5 Å². The Morgan fingerprint density at radius 3 is 2.50 bits per heavy atom. The molecule has 34 heavy (non-hydrogen) atoms. The van der Waals surface area contributed by atoms with Crippen molar-refractivity contribution in [3.63, 3.8) is 0 Å². The van der Waals surface area contributed by atoms with Crippen LogP contribution < -0.4 is 11.1 Å². The molecule has 1 saturated carbocycles. The van der Waals surface area contributed by atoms with Gasteiger partial charge in [-0.05, 0) is 50.1 Å². The monoisotopic (exact) mass is 461 g/mol. The number of aromatic nitrogens is 3. The number of nitrogens with two attached hydrogens (primary N) is 1. The lowest BCUT2D eigenvalue weighted by molar-refractivity contribution is 0.0627. The molecule has 0 spiro atoms. The molecule has 2 aliphatic rings. The smallest absolute Gasteiger partial charge is 0.254 e. The Morgan fingerprint density at radius 1 is 1.12 bits per heavy atom. The van der Waals surface area contributed by atoms with Crippen LogP contribution in [-0.2, 0) is 0 Å². The molecule has 0 radical (unpaired) electrons. The average molecular weight is 462 g/mol. The first-order valence-electron chi connectivity index (χ1n) is 11.6. The molecule has 1 aliphatic carbocycles. The maximum atomic E-state index is 15.4. The minimum absolute atomic E-state index is 0.0594. The van der Waals surface area contributed by atoms with Gasteiger partial charge in [-0.1, -0.05) is 0 Å². The van der Waals surface area contributed by atoms with E-state index in [1.54, 1.807) is 37.2 Å². The number of hydrogen-bond acceptors (Lipinski definition) is 7. The van der Waals surface area contributed by atoms with E-state index >= 15 is 4.39 Å². The van der Waals surface area contributed by atoms with E-state index in [0.717, 1.165) is 18.7 Å². The van der Waals surface area contributed by atoms with Gasteiger partial charge in [0.1, 0.15) is 11.6 Å². The molecule has 3 aromatic rings. The molecular weight excluding hydrogens is 433 g/mol.